The topological polar surface area (TPSA) is 77.7 Å². The number of aromatic nitrogens is 2. The Balaban J connectivity index is 1.46. The molecular weight excluding hydrogens is 382 g/mol. The molecule has 0 bridgehead atoms. The summed E-state index contributed by atoms with van der Waals surface area (Å²) in [5.41, 5.74) is 2.27. The Hall–Kier alpha value is -3.35. The summed E-state index contributed by atoms with van der Waals surface area (Å²) in [4.78, 5) is 18.5. The first kappa shape index (κ1) is 21.4. The molecule has 0 saturated heterocycles. The smallest absolute Gasteiger partial charge is 0.264 e. The first-order valence-corrected chi connectivity index (χ1v) is 9.90. The number of rotatable bonds is 9. The quantitative estimate of drug-likeness (QED) is 0.536. The summed E-state index contributed by atoms with van der Waals surface area (Å²) in [5.74, 6) is 2.26. The summed E-state index contributed by atoms with van der Waals surface area (Å²) < 4.78 is 16.7. The maximum atomic E-state index is 12.5. The van der Waals surface area contributed by atoms with Crippen LogP contribution in [0.5, 0.6) is 11.5 Å². The van der Waals surface area contributed by atoms with Gasteiger partial charge < -0.3 is 18.9 Å². The first-order valence-electron chi connectivity index (χ1n) is 9.90. The number of nitrogens with zero attached hydrogens (tertiary/aromatic N) is 3. The lowest BCUT2D eigenvalue weighted by Gasteiger charge is -2.21. The second-order valence-electron chi connectivity index (χ2n) is 7.30. The van der Waals surface area contributed by atoms with Crippen molar-refractivity contribution in [1.82, 2.24) is 15.0 Å². The Morgan fingerprint density at radius 3 is 2.50 bits per heavy atom. The van der Waals surface area contributed by atoms with Crippen molar-refractivity contribution in [3.05, 3.63) is 71.4 Å². The highest BCUT2D eigenvalue weighted by molar-refractivity contribution is 5.80. The Labute approximate surface area is 176 Å². The van der Waals surface area contributed by atoms with E-state index in [0.29, 0.717) is 30.4 Å². The molecule has 0 radical (unpaired) electrons. The van der Waals surface area contributed by atoms with Crippen molar-refractivity contribution in [2.24, 2.45) is 0 Å². The zero-order valence-corrected chi connectivity index (χ0v) is 17.8. The number of hydrogen-bond donors (Lipinski definition) is 0. The third-order valence-corrected chi connectivity index (χ3v) is 4.52. The third kappa shape index (κ3) is 6.07. The molecule has 1 amide bonds. The Kier molecular flexibility index (Phi) is 7.06. The maximum Gasteiger partial charge on any atom is 0.264 e. The van der Waals surface area contributed by atoms with Crippen LogP contribution in [0.3, 0.4) is 0 Å². The summed E-state index contributed by atoms with van der Waals surface area (Å²) in [6.07, 6.45) is -0.0997. The lowest BCUT2D eigenvalue weighted by Crippen LogP contribution is -2.39. The van der Waals surface area contributed by atoms with Gasteiger partial charge in [-0.25, -0.2) is 0 Å². The highest BCUT2D eigenvalue weighted by Gasteiger charge is 2.19. The number of hydrogen-bond acceptors (Lipinski definition) is 6. The molecular formula is C23H27N3O4. The van der Waals surface area contributed by atoms with E-state index in [1.54, 1.807) is 18.9 Å². The molecule has 30 heavy (non-hydrogen) atoms. The van der Waals surface area contributed by atoms with E-state index in [1.165, 1.54) is 0 Å². The van der Waals surface area contributed by atoms with Gasteiger partial charge >= 0.3 is 0 Å². The molecule has 0 spiro atoms. The predicted octanol–water partition coefficient (Wildman–Crippen LogP) is 3.73. The molecule has 0 aliphatic carbocycles. The van der Waals surface area contributed by atoms with Gasteiger partial charge in [0.2, 0.25) is 0 Å². The maximum absolute atomic E-state index is 12.5. The number of likely N-dealkylation sites (N-methyl/N-ethyl adjacent to an activating group) is 1. The first-order chi connectivity index (χ1) is 14.4. The lowest BCUT2D eigenvalue weighted by atomic mass is 10.1. The molecule has 2 aromatic carbocycles. The van der Waals surface area contributed by atoms with Crippen LogP contribution in [0.15, 0.2) is 53.1 Å². The lowest BCUT2D eigenvalue weighted by molar-refractivity contribution is -0.136. The van der Waals surface area contributed by atoms with E-state index < -0.39 is 6.10 Å². The van der Waals surface area contributed by atoms with Gasteiger partial charge in [-0.05, 0) is 56.2 Å². The number of benzene rings is 2. The van der Waals surface area contributed by atoms with E-state index in [9.17, 15) is 4.79 Å². The van der Waals surface area contributed by atoms with Crippen LogP contribution in [0.25, 0.3) is 0 Å². The Morgan fingerprint density at radius 2 is 1.80 bits per heavy atom. The molecule has 158 valence electrons. The largest absolute Gasteiger partial charge is 0.484 e. The summed E-state index contributed by atoms with van der Waals surface area (Å²) in [7, 11) is 1.73. The van der Waals surface area contributed by atoms with Crippen molar-refractivity contribution in [2.75, 3.05) is 13.6 Å². The van der Waals surface area contributed by atoms with Gasteiger partial charge in [0.05, 0.1) is 0 Å². The van der Waals surface area contributed by atoms with E-state index in [1.807, 2.05) is 56.3 Å². The van der Waals surface area contributed by atoms with Gasteiger partial charge in [0, 0.05) is 20.0 Å². The van der Waals surface area contributed by atoms with Crippen molar-refractivity contribution >= 4 is 5.91 Å². The zero-order valence-electron chi connectivity index (χ0n) is 17.8. The van der Waals surface area contributed by atoms with Gasteiger partial charge in [-0.1, -0.05) is 29.4 Å². The van der Waals surface area contributed by atoms with E-state index in [-0.39, 0.29) is 12.5 Å². The van der Waals surface area contributed by atoms with Gasteiger partial charge in [0.1, 0.15) is 11.5 Å². The number of ether oxygens (including phenoxy) is 2. The fourth-order valence-corrected chi connectivity index (χ4v) is 3.05. The fourth-order valence-electron chi connectivity index (χ4n) is 3.05. The third-order valence-electron chi connectivity index (χ3n) is 4.52. The van der Waals surface area contributed by atoms with Crippen LogP contribution >= 0.6 is 0 Å². The van der Waals surface area contributed by atoms with Crippen LogP contribution in [0.4, 0.5) is 0 Å². The van der Waals surface area contributed by atoms with Gasteiger partial charge in [0.25, 0.3) is 11.8 Å². The molecule has 1 heterocycles. The van der Waals surface area contributed by atoms with Crippen molar-refractivity contribution in [3.63, 3.8) is 0 Å². The van der Waals surface area contributed by atoms with Crippen molar-refractivity contribution in [2.45, 2.75) is 39.9 Å². The number of carbonyl (C=O) groups excluding carboxylic acids is 1. The second kappa shape index (κ2) is 9.91. The molecule has 7 nitrogen and oxygen atoms in total. The van der Waals surface area contributed by atoms with Crippen LogP contribution in [0.2, 0.25) is 0 Å². The molecule has 0 unspecified atom stereocenters. The van der Waals surface area contributed by atoms with Crippen LogP contribution in [-0.4, -0.2) is 40.6 Å². The van der Waals surface area contributed by atoms with E-state index in [2.05, 4.69) is 16.2 Å². The Bertz CT molecular complexity index is 951. The molecule has 0 N–H and O–H groups in total. The fraction of sp³-hybridized carbons (Fsp3) is 0.348. The molecule has 7 heteroatoms. The van der Waals surface area contributed by atoms with Gasteiger partial charge in [-0.2, -0.15) is 4.98 Å². The summed E-state index contributed by atoms with van der Waals surface area (Å²) >= 11 is 0. The van der Waals surface area contributed by atoms with Crippen LogP contribution < -0.4 is 9.47 Å². The SMILES string of the molecule is Cc1cc(C)cc(OCc2nc(CCN(C)C(=O)[C@H](C)Oc3ccccc3)no2)c1. The average Bonchev–Trinajstić information content (AvgIpc) is 3.18. The molecule has 0 aliphatic rings. The van der Waals surface area contributed by atoms with Crippen LogP contribution in [0, 0.1) is 13.8 Å². The van der Waals surface area contributed by atoms with Gasteiger partial charge in [-0.3, -0.25) is 4.79 Å². The molecule has 0 fully saturated rings. The van der Waals surface area contributed by atoms with Crippen molar-refractivity contribution in [1.29, 1.82) is 0 Å². The van der Waals surface area contributed by atoms with Gasteiger partial charge in [-0.15, -0.1) is 0 Å². The number of carbonyl (C=O) groups is 1. The minimum atomic E-state index is -0.579. The van der Waals surface area contributed by atoms with Crippen LogP contribution in [-0.2, 0) is 17.8 Å². The number of aryl methyl sites for hydroxylation is 2. The number of para-hydroxylation sites is 1. The Morgan fingerprint density at radius 1 is 1.10 bits per heavy atom. The monoisotopic (exact) mass is 409 g/mol. The average molecular weight is 409 g/mol. The molecule has 0 saturated carbocycles. The summed E-state index contributed by atoms with van der Waals surface area (Å²) in [6.45, 7) is 6.44. The normalized spacial score (nSPS) is 11.7. The molecule has 1 atom stereocenters. The van der Waals surface area contributed by atoms with Crippen molar-refractivity contribution < 1.29 is 18.8 Å². The second-order valence-corrected chi connectivity index (χ2v) is 7.30. The number of amides is 1. The van der Waals surface area contributed by atoms with E-state index >= 15 is 0 Å². The van der Waals surface area contributed by atoms with E-state index in [0.717, 1.165) is 16.9 Å². The molecule has 3 rings (SSSR count). The summed E-state index contributed by atoms with van der Waals surface area (Å²) in [6, 6.07) is 15.3. The molecule has 0 aliphatic heterocycles. The predicted molar refractivity (Wildman–Crippen MR) is 112 cm³/mol. The molecule has 3 aromatic rings. The van der Waals surface area contributed by atoms with E-state index in [4.69, 9.17) is 14.0 Å². The minimum Gasteiger partial charge on any atom is -0.484 e. The van der Waals surface area contributed by atoms with Crippen LogP contribution in [0.1, 0.15) is 29.8 Å². The standard InChI is InChI=1S/C23H27N3O4/c1-16-12-17(2)14-20(13-16)28-15-22-24-21(25-30-22)10-11-26(4)23(27)18(3)29-19-8-6-5-7-9-19/h5-9,12-14,18H,10-11,15H2,1-4H3/t18-/m0/s1. The highest BCUT2D eigenvalue weighted by Crippen LogP contribution is 2.17. The summed E-state index contributed by atoms with van der Waals surface area (Å²) in [5, 5.41) is 3.97. The highest BCUT2D eigenvalue weighted by atomic mass is 16.5. The van der Waals surface area contributed by atoms with Gasteiger partial charge in [0.15, 0.2) is 18.5 Å². The zero-order chi connectivity index (χ0) is 21.5. The minimum absolute atomic E-state index is 0.110. The molecule has 1 aromatic heterocycles. The van der Waals surface area contributed by atoms with Crippen molar-refractivity contribution in [3.8, 4) is 11.5 Å².